The molecule has 6 fully saturated rings. The lowest BCUT2D eigenvalue weighted by molar-refractivity contribution is -0.153. The van der Waals surface area contributed by atoms with Gasteiger partial charge in [0.25, 0.3) is 0 Å². The maximum Gasteiger partial charge on any atom is 0.422 e. The molecular formula is C39H44F3N7O3. The van der Waals surface area contributed by atoms with Crippen LogP contribution in [0.5, 0.6) is 11.8 Å². The molecule has 1 amide bonds. The molecule has 3 saturated carbocycles. The number of carbonyl (C=O) groups excluding carboxylic acids is 1. The summed E-state index contributed by atoms with van der Waals surface area (Å²) in [7, 11) is 0. The molecule has 5 heterocycles. The van der Waals surface area contributed by atoms with E-state index in [1.165, 1.54) is 25.9 Å². The van der Waals surface area contributed by atoms with E-state index in [1.54, 1.807) is 13.1 Å². The minimum atomic E-state index is -4.56. The van der Waals surface area contributed by atoms with Crippen molar-refractivity contribution in [3.05, 3.63) is 35.5 Å². The number of halogens is 3. The Morgan fingerprint density at radius 2 is 1.71 bits per heavy atom. The zero-order valence-electron chi connectivity index (χ0n) is 29.7. The minimum Gasteiger partial charge on any atom is -0.481 e. The zero-order valence-corrected chi connectivity index (χ0v) is 29.7. The normalized spacial score (nSPS) is 24.9. The molecule has 52 heavy (non-hydrogen) atoms. The summed E-state index contributed by atoms with van der Waals surface area (Å²) in [5, 5.41) is 8.83. The summed E-state index contributed by atoms with van der Waals surface area (Å²) in [5.41, 5.74) is 5.13. The number of carbonyl (C=O) groups is 1. The van der Waals surface area contributed by atoms with Crippen LogP contribution in [0.2, 0.25) is 0 Å². The molecule has 0 unspecified atom stereocenters. The van der Waals surface area contributed by atoms with Crippen LogP contribution in [0.1, 0.15) is 75.3 Å². The van der Waals surface area contributed by atoms with Crippen molar-refractivity contribution in [1.29, 1.82) is 0 Å². The van der Waals surface area contributed by atoms with Crippen LogP contribution in [0.25, 0.3) is 32.9 Å². The Morgan fingerprint density at radius 1 is 0.981 bits per heavy atom. The number of fused-ring (bicyclic) bond motifs is 2. The van der Waals surface area contributed by atoms with Gasteiger partial charge in [0.15, 0.2) is 12.4 Å². The molecule has 2 aromatic carbocycles. The second kappa shape index (κ2) is 11.4. The number of aryl methyl sites for hydroxylation is 1. The molecule has 3 aliphatic heterocycles. The number of aromatic nitrogens is 4. The standard InChI is InChI=1S/C39H44F3N7O3/c1-22-3-6-30-29(16-43-46-30)31(22)32-27(24-4-5-24)15-28-33(34(32)51-21-39(40,41)42)44-36(52-26-13-25(14-26)49-19-37(20-49)7-8-37)45-35(28)47-11-9-38(10-12-47)17-48(18-38)23(2)50/h3,6,15-16,24-26H,4-5,7-14,17-21H2,1-2H3,(H,43,46)/t25-,26-. The second-order valence-corrected chi connectivity index (χ2v) is 16.8. The highest BCUT2D eigenvalue weighted by molar-refractivity contribution is 6.06. The Bertz CT molecular complexity index is 2080. The number of amides is 1. The lowest BCUT2D eigenvalue weighted by Gasteiger charge is -2.54. The van der Waals surface area contributed by atoms with E-state index in [2.05, 4.69) is 26.1 Å². The first-order chi connectivity index (χ1) is 25.0. The molecule has 2 aromatic heterocycles. The second-order valence-electron chi connectivity index (χ2n) is 16.8. The van der Waals surface area contributed by atoms with E-state index < -0.39 is 12.8 Å². The van der Waals surface area contributed by atoms with Crippen LogP contribution in [-0.2, 0) is 4.79 Å². The predicted octanol–water partition coefficient (Wildman–Crippen LogP) is 6.75. The van der Waals surface area contributed by atoms with Crippen molar-refractivity contribution in [3.8, 4) is 22.9 Å². The molecule has 13 heteroatoms. The van der Waals surface area contributed by atoms with Crippen LogP contribution >= 0.6 is 0 Å². The number of ether oxygens (including phenoxy) is 2. The fourth-order valence-corrected chi connectivity index (χ4v) is 9.38. The smallest absolute Gasteiger partial charge is 0.422 e. The van der Waals surface area contributed by atoms with E-state index in [4.69, 9.17) is 19.4 Å². The van der Waals surface area contributed by atoms with Gasteiger partial charge in [-0.2, -0.15) is 28.2 Å². The van der Waals surface area contributed by atoms with Crippen LogP contribution in [0.15, 0.2) is 24.4 Å². The number of likely N-dealkylation sites (tertiary alicyclic amines) is 2. The Hall–Kier alpha value is -4.13. The summed E-state index contributed by atoms with van der Waals surface area (Å²) in [6.45, 7) is 7.46. The first-order valence-electron chi connectivity index (χ1n) is 18.9. The molecule has 6 aliphatic rings. The van der Waals surface area contributed by atoms with Gasteiger partial charge in [-0.05, 0) is 85.6 Å². The van der Waals surface area contributed by atoms with Gasteiger partial charge < -0.3 is 19.3 Å². The van der Waals surface area contributed by atoms with E-state index in [1.807, 2.05) is 24.0 Å². The predicted molar refractivity (Wildman–Crippen MR) is 190 cm³/mol. The third-order valence-electron chi connectivity index (χ3n) is 12.9. The zero-order chi connectivity index (χ0) is 35.6. The Labute approximate surface area is 300 Å². The van der Waals surface area contributed by atoms with Gasteiger partial charge in [0.1, 0.15) is 17.4 Å². The van der Waals surface area contributed by atoms with Crippen LogP contribution in [0, 0.1) is 17.8 Å². The minimum absolute atomic E-state index is 0.0603. The maximum absolute atomic E-state index is 14.0. The van der Waals surface area contributed by atoms with Gasteiger partial charge >= 0.3 is 12.2 Å². The molecule has 10 nitrogen and oxygen atoms in total. The van der Waals surface area contributed by atoms with Gasteiger partial charge in [-0.15, -0.1) is 0 Å². The number of rotatable bonds is 8. The SMILES string of the molecule is CC(=O)N1CC2(CCN(c3nc(O[C@H]4C[C@H](N5CC6(CC6)C5)C4)nc4c(OCC(F)(F)F)c(-c5c(C)ccc6[nH]ncc56)c(C5CC5)cc34)CC2)C1. The molecule has 274 valence electrons. The Kier molecular flexibility index (Phi) is 7.15. The molecule has 1 N–H and O–H groups in total. The third kappa shape index (κ3) is 5.56. The van der Waals surface area contributed by atoms with E-state index in [9.17, 15) is 18.0 Å². The van der Waals surface area contributed by atoms with Crippen molar-refractivity contribution >= 4 is 33.5 Å². The first-order valence-corrected chi connectivity index (χ1v) is 18.9. The number of piperidine rings is 1. The number of hydrogen-bond acceptors (Lipinski definition) is 8. The fourth-order valence-electron chi connectivity index (χ4n) is 9.38. The van der Waals surface area contributed by atoms with E-state index in [0.29, 0.717) is 46.8 Å². The fraction of sp³-hybridized carbons (Fsp3) is 0.590. The van der Waals surface area contributed by atoms with Crippen molar-refractivity contribution in [1.82, 2.24) is 30.0 Å². The van der Waals surface area contributed by atoms with Crippen molar-refractivity contribution < 1.29 is 27.4 Å². The number of alkyl halides is 3. The third-order valence-corrected chi connectivity index (χ3v) is 12.9. The van der Waals surface area contributed by atoms with Crippen molar-refractivity contribution in [2.24, 2.45) is 10.8 Å². The number of aromatic amines is 1. The Morgan fingerprint density at radius 3 is 2.38 bits per heavy atom. The molecule has 2 spiro atoms. The van der Waals surface area contributed by atoms with Gasteiger partial charge in [0.05, 0.1) is 11.7 Å². The average molecular weight is 716 g/mol. The maximum atomic E-state index is 14.0. The van der Waals surface area contributed by atoms with E-state index >= 15 is 0 Å². The van der Waals surface area contributed by atoms with Gasteiger partial charge in [-0.1, -0.05) is 6.07 Å². The van der Waals surface area contributed by atoms with Crippen molar-refractivity contribution in [2.45, 2.75) is 89.5 Å². The summed E-state index contributed by atoms with van der Waals surface area (Å²) in [4.78, 5) is 28.7. The lowest BCUT2D eigenvalue weighted by Crippen LogP contribution is -2.61. The Balaban J connectivity index is 1.08. The van der Waals surface area contributed by atoms with Gasteiger partial charge in [0, 0.05) is 86.8 Å². The molecule has 0 radical (unpaired) electrons. The quantitative estimate of drug-likeness (QED) is 0.214. The monoisotopic (exact) mass is 715 g/mol. The highest BCUT2D eigenvalue weighted by atomic mass is 19.4. The summed E-state index contributed by atoms with van der Waals surface area (Å²) < 4.78 is 54.6. The number of anilines is 1. The summed E-state index contributed by atoms with van der Waals surface area (Å²) in [6.07, 6.45) is 5.24. The molecule has 0 bridgehead atoms. The van der Waals surface area contributed by atoms with Gasteiger partial charge in [-0.3, -0.25) is 14.8 Å². The molecule has 3 aliphatic carbocycles. The molecule has 4 aromatic rings. The summed E-state index contributed by atoms with van der Waals surface area (Å²) in [5.74, 6) is 1.08. The number of nitrogens with zero attached hydrogens (tertiary/aromatic N) is 6. The van der Waals surface area contributed by atoms with Crippen LogP contribution in [-0.4, -0.2) is 100 Å². The summed E-state index contributed by atoms with van der Waals surface area (Å²) in [6, 6.07) is 6.70. The average Bonchev–Trinajstić information content (AvgIpc) is 4.00. The largest absolute Gasteiger partial charge is 0.481 e. The summed E-state index contributed by atoms with van der Waals surface area (Å²) >= 11 is 0. The highest BCUT2D eigenvalue weighted by Gasteiger charge is 2.55. The first kappa shape index (κ1) is 32.5. The van der Waals surface area contributed by atoms with E-state index in [-0.39, 0.29) is 35.1 Å². The highest BCUT2D eigenvalue weighted by Crippen LogP contribution is 2.56. The number of benzene rings is 2. The number of H-pyrrole nitrogens is 1. The molecule has 10 rings (SSSR count). The molecule has 3 saturated heterocycles. The van der Waals surface area contributed by atoms with Gasteiger partial charge in [-0.25, -0.2) is 0 Å². The van der Waals surface area contributed by atoms with Crippen molar-refractivity contribution in [3.63, 3.8) is 0 Å². The van der Waals surface area contributed by atoms with E-state index in [0.717, 1.165) is 79.2 Å². The van der Waals surface area contributed by atoms with Crippen LogP contribution in [0.3, 0.4) is 0 Å². The van der Waals surface area contributed by atoms with Gasteiger partial charge in [0.2, 0.25) is 5.91 Å². The van der Waals surface area contributed by atoms with Crippen molar-refractivity contribution in [2.75, 3.05) is 50.8 Å². The number of nitrogens with one attached hydrogen (secondary N) is 1. The molecular weight excluding hydrogens is 671 g/mol. The number of hydrogen-bond donors (Lipinski definition) is 1. The lowest BCUT2D eigenvalue weighted by atomic mass is 9.72. The topological polar surface area (TPSA) is 99.7 Å². The molecule has 0 atom stereocenters. The van der Waals surface area contributed by atoms with Crippen LogP contribution in [0.4, 0.5) is 19.0 Å². The van der Waals surface area contributed by atoms with Crippen LogP contribution < -0.4 is 14.4 Å².